The number of fused-ring (bicyclic) bond motifs is 1. The van der Waals surface area contributed by atoms with Crippen molar-refractivity contribution in [3.63, 3.8) is 0 Å². The lowest BCUT2D eigenvalue weighted by Gasteiger charge is -2.34. The van der Waals surface area contributed by atoms with E-state index in [1.165, 1.54) is 11.3 Å². The number of aryl methyl sites for hydroxylation is 1. The van der Waals surface area contributed by atoms with Crippen LogP contribution in [0, 0.1) is 6.92 Å². The van der Waals surface area contributed by atoms with E-state index < -0.39 is 0 Å². The molecule has 0 spiro atoms. The number of carbonyl (C=O) groups is 1. The monoisotopic (exact) mass is 446 g/mol. The van der Waals surface area contributed by atoms with Crippen LogP contribution in [0.4, 0.5) is 0 Å². The Bertz CT molecular complexity index is 1050. The lowest BCUT2D eigenvalue weighted by molar-refractivity contribution is 0.0626. The number of rotatable bonds is 3. The summed E-state index contributed by atoms with van der Waals surface area (Å²) in [6.45, 7) is 5.48. The Morgan fingerprint density at radius 2 is 2.00 bits per heavy atom. The van der Waals surface area contributed by atoms with Crippen LogP contribution in [0.2, 0.25) is 0 Å². The van der Waals surface area contributed by atoms with Crippen LogP contribution in [0.3, 0.4) is 0 Å². The Morgan fingerprint density at radius 3 is 2.74 bits per heavy atom. The zero-order valence-electron chi connectivity index (χ0n) is 14.9. The summed E-state index contributed by atoms with van der Waals surface area (Å²) < 4.78 is 2.54. The minimum absolute atomic E-state index is 0.0456. The fourth-order valence-corrected chi connectivity index (χ4v) is 4.56. The molecule has 140 valence electrons. The third kappa shape index (κ3) is 3.83. The smallest absolute Gasteiger partial charge is 0.258 e. The first-order valence-electron chi connectivity index (χ1n) is 8.75. The molecule has 3 aromatic rings. The molecule has 3 heterocycles. The molecule has 0 aliphatic carbocycles. The van der Waals surface area contributed by atoms with Crippen molar-refractivity contribution < 1.29 is 4.79 Å². The number of amides is 1. The van der Waals surface area contributed by atoms with Crippen molar-refractivity contribution in [1.82, 2.24) is 19.2 Å². The standard InChI is InChI=1S/C19H19BrN4O2S/c1-13-10-14(20)2-3-16(13)18(26)23-6-4-22(5-7-23)12-15-11-17(25)24-8-9-27-19(24)21-15/h2-3,8-11H,4-7,12H2,1H3. The average Bonchev–Trinajstić information content (AvgIpc) is 3.11. The molecule has 0 unspecified atom stereocenters. The zero-order valence-corrected chi connectivity index (χ0v) is 17.3. The minimum Gasteiger partial charge on any atom is -0.336 e. The second kappa shape index (κ2) is 7.53. The van der Waals surface area contributed by atoms with Crippen LogP contribution in [0.25, 0.3) is 4.96 Å². The van der Waals surface area contributed by atoms with Crippen molar-refractivity contribution >= 4 is 38.1 Å². The van der Waals surface area contributed by atoms with Crippen LogP contribution in [-0.4, -0.2) is 51.3 Å². The number of hydrogen-bond donors (Lipinski definition) is 0. The molecule has 0 N–H and O–H groups in total. The van der Waals surface area contributed by atoms with E-state index in [2.05, 4.69) is 25.8 Å². The Balaban J connectivity index is 1.41. The fraction of sp³-hybridized carbons (Fsp3) is 0.316. The predicted octanol–water partition coefficient (Wildman–Crippen LogP) is 2.78. The van der Waals surface area contributed by atoms with Crippen LogP contribution in [0.15, 0.2) is 45.1 Å². The van der Waals surface area contributed by atoms with E-state index in [1.807, 2.05) is 35.4 Å². The largest absolute Gasteiger partial charge is 0.336 e. The second-order valence-corrected chi connectivity index (χ2v) is 8.46. The Morgan fingerprint density at radius 1 is 1.22 bits per heavy atom. The van der Waals surface area contributed by atoms with Gasteiger partial charge < -0.3 is 4.90 Å². The van der Waals surface area contributed by atoms with Crippen LogP contribution in [-0.2, 0) is 6.54 Å². The van der Waals surface area contributed by atoms with Crippen molar-refractivity contribution in [2.75, 3.05) is 26.2 Å². The number of nitrogens with zero attached hydrogens (tertiary/aromatic N) is 4. The van der Waals surface area contributed by atoms with E-state index in [-0.39, 0.29) is 11.5 Å². The zero-order chi connectivity index (χ0) is 19.0. The maximum absolute atomic E-state index is 12.8. The van der Waals surface area contributed by atoms with Crippen molar-refractivity contribution in [1.29, 1.82) is 0 Å². The third-order valence-electron chi connectivity index (χ3n) is 4.82. The molecule has 1 aliphatic heterocycles. The van der Waals surface area contributed by atoms with E-state index in [0.29, 0.717) is 19.6 Å². The van der Waals surface area contributed by atoms with Gasteiger partial charge in [0.2, 0.25) is 0 Å². The third-order valence-corrected chi connectivity index (χ3v) is 6.07. The van der Waals surface area contributed by atoms with E-state index in [1.54, 1.807) is 16.7 Å². The van der Waals surface area contributed by atoms with Gasteiger partial charge in [-0.3, -0.25) is 18.9 Å². The molecule has 8 heteroatoms. The number of benzene rings is 1. The summed E-state index contributed by atoms with van der Waals surface area (Å²) in [4.78, 5) is 34.3. The SMILES string of the molecule is Cc1cc(Br)ccc1C(=O)N1CCN(Cc2cc(=O)n3ccsc3n2)CC1. The van der Waals surface area contributed by atoms with Crippen molar-refractivity contribution in [3.8, 4) is 0 Å². The molecule has 1 amide bonds. The van der Waals surface area contributed by atoms with E-state index in [0.717, 1.165) is 39.3 Å². The average molecular weight is 447 g/mol. The lowest BCUT2D eigenvalue weighted by Crippen LogP contribution is -2.48. The summed E-state index contributed by atoms with van der Waals surface area (Å²) in [7, 11) is 0. The normalized spacial score (nSPS) is 15.4. The van der Waals surface area contributed by atoms with Crippen LogP contribution < -0.4 is 5.56 Å². The van der Waals surface area contributed by atoms with Gasteiger partial charge in [-0.15, -0.1) is 11.3 Å². The number of hydrogen-bond acceptors (Lipinski definition) is 5. The molecule has 1 aliphatic rings. The summed E-state index contributed by atoms with van der Waals surface area (Å²) in [5.41, 5.74) is 2.47. The molecule has 2 aromatic heterocycles. The molecule has 4 rings (SSSR count). The van der Waals surface area contributed by atoms with Gasteiger partial charge in [0.25, 0.3) is 11.5 Å². The second-order valence-electron chi connectivity index (χ2n) is 6.67. The number of halogens is 1. The molecule has 6 nitrogen and oxygen atoms in total. The van der Waals surface area contributed by atoms with Gasteiger partial charge in [0.1, 0.15) is 0 Å². The molecule has 0 atom stereocenters. The van der Waals surface area contributed by atoms with Crippen LogP contribution in [0.5, 0.6) is 0 Å². The van der Waals surface area contributed by atoms with Gasteiger partial charge in [0.15, 0.2) is 4.96 Å². The summed E-state index contributed by atoms with van der Waals surface area (Å²) in [5, 5.41) is 1.86. The molecule has 0 bridgehead atoms. The maximum Gasteiger partial charge on any atom is 0.258 e. The highest BCUT2D eigenvalue weighted by molar-refractivity contribution is 9.10. The molecule has 1 saturated heterocycles. The van der Waals surface area contributed by atoms with Gasteiger partial charge in [-0.1, -0.05) is 15.9 Å². The first-order valence-corrected chi connectivity index (χ1v) is 10.4. The molecule has 0 saturated carbocycles. The summed E-state index contributed by atoms with van der Waals surface area (Å²) in [6.07, 6.45) is 1.74. The van der Waals surface area contributed by atoms with Crippen LogP contribution in [0.1, 0.15) is 21.6 Å². The molecule has 0 radical (unpaired) electrons. The van der Waals surface area contributed by atoms with Gasteiger partial charge in [0, 0.05) is 60.4 Å². The molecule has 1 aromatic carbocycles. The predicted molar refractivity (Wildman–Crippen MR) is 109 cm³/mol. The molecule has 27 heavy (non-hydrogen) atoms. The Hall–Kier alpha value is -2.03. The van der Waals surface area contributed by atoms with E-state index >= 15 is 0 Å². The first-order chi connectivity index (χ1) is 13.0. The highest BCUT2D eigenvalue weighted by Crippen LogP contribution is 2.18. The molecular formula is C19H19BrN4O2S. The Labute approximate surface area is 169 Å². The number of thiazole rings is 1. The van der Waals surface area contributed by atoms with Crippen molar-refractivity contribution in [2.45, 2.75) is 13.5 Å². The van der Waals surface area contributed by atoms with Gasteiger partial charge in [-0.2, -0.15) is 0 Å². The van der Waals surface area contributed by atoms with Gasteiger partial charge in [-0.05, 0) is 30.7 Å². The van der Waals surface area contributed by atoms with Crippen molar-refractivity contribution in [2.24, 2.45) is 0 Å². The molecular weight excluding hydrogens is 428 g/mol. The van der Waals surface area contributed by atoms with E-state index in [4.69, 9.17) is 0 Å². The maximum atomic E-state index is 12.8. The highest BCUT2D eigenvalue weighted by atomic mass is 79.9. The van der Waals surface area contributed by atoms with Gasteiger partial charge in [0.05, 0.1) is 5.69 Å². The topological polar surface area (TPSA) is 57.9 Å². The van der Waals surface area contributed by atoms with Crippen molar-refractivity contribution in [3.05, 3.63) is 67.5 Å². The number of carbonyl (C=O) groups excluding carboxylic acids is 1. The quantitative estimate of drug-likeness (QED) is 0.620. The van der Waals surface area contributed by atoms with E-state index in [9.17, 15) is 9.59 Å². The summed E-state index contributed by atoms with van der Waals surface area (Å²) in [6, 6.07) is 7.35. The lowest BCUT2D eigenvalue weighted by atomic mass is 10.1. The van der Waals surface area contributed by atoms with Gasteiger partial charge >= 0.3 is 0 Å². The molecule has 1 fully saturated rings. The van der Waals surface area contributed by atoms with Gasteiger partial charge in [-0.25, -0.2) is 4.98 Å². The first kappa shape index (κ1) is 18.3. The fourth-order valence-electron chi connectivity index (χ4n) is 3.34. The summed E-state index contributed by atoms with van der Waals surface area (Å²) in [5.74, 6) is 0.0797. The number of piperazine rings is 1. The Kier molecular flexibility index (Phi) is 5.12. The highest BCUT2D eigenvalue weighted by Gasteiger charge is 2.23. The van der Waals surface area contributed by atoms with Crippen LogP contribution >= 0.6 is 27.3 Å². The summed E-state index contributed by atoms with van der Waals surface area (Å²) >= 11 is 4.90. The number of aromatic nitrogens is 2. The minimum atomic E-state index is -0.0456.